The summed E-state index contributed by atoms with van der Waals surface area (Å²) in [4.78, 5) is 0. The minimum absolute atomic E-state index is 0.325. The Morgan fingerprint density at radius 3 is 1.46 bits per heavy atom. The van der Waals surface area contributed by atoms with Crippen LogP contribution in [0.3, 0.4) is 0 Å². The highest BCUT2D eigenvalue weighted by Crippen LogP contribution is 2.53. The Balaban J connectivity index is 1.85. The summed E-state index contributed by atoms with van der Waals surface area (Å²) in [6.45, 7) is 4.73. The molecule has 0 radical (unpaired) electrons. The highest BCUT2D eigenvalue weighted by molar-refractivity contribution is 7.53. The highest BCUT2D eigenvalue weighted by Gasteiger charge is 2.51. The molecule has 0 saturated carbocycles. The molecule has 3 aliphatic rings. The fourth-order valence-electron chi connectivity index (χ4n) is 3.24. The highest BCUT2D eigenvalue weighted by atomic mass is 31.2. The van der Waals surface area contributed by atoms with Crippen LogP contribution >= 0.6 is 15.2 Å². The van der Waals surface area contributed by atoms with Crippen LogP contribution in [0.2, 0.25) is 0 Å². The van der Waals surface area contributed by atoms with E-state index >= 15 is 0 Å². The van der Waals surface area contributed by atoms with Gasteiger partial charge in [0.2, 0.25) is 0 Å². The Labute approximate surface area is 150 Å². The Kier molecular flexibility index (Phi) is 5.99. The molecule has 0 bridgehead atoms. The molecule has 0 aliphatic carbocycles. The van der Waals surface area contributed by atoms with Crippen molar-refractivity contribution >= 4 is 15.2 Å². The Morgan fingerprint density at radius 1 is 0.769 bits per heavy atom. The lowest BCUT2D eigenvalue weighted by Crippen LogP contribution is -2.37. The van der Waals surface area contributed by atoms with E-state index in [2.05, 4.69) is 0 Å². The van der Waals surface area contributed by atoms with Gasteiger partial charge in [0, 0.05) is 13.3 Å². The van der Waals surface area contributed by atoms with Crippen LogP contribution in [-0.4, -0.2) is 75.5 Å². The molecule has 3 saturated heterocycles. The van der Waals surface area contributed by atoms with Gasteiger partial charge in [0.15, 0.2) is 12.3 Å². The number of hydrogen-bond acceptors (Lipinski definition) is 8. The third kappa shape index (κ3) is 4.39. The van der Waals surface area contributed by atoms with Gasteiger partial charge >= 0.3 is 15.2 Å². The molecular weight excluding hydrogens is 396 g/mol. The van der Waals surface area contributed by atoms with Crippen LogP contribution in [-0.2, 0) is 36.7 Å². The van der Waals surface area contributed by atoms with E-state index in [1.54, 1.807) is 0 Å². The summed E-state index contributed by atoms with van der Waals surface area (Å²) < 4.78 is 86.1. The lowest BCUT2D eigenvalue weighted by Gasteiger charge is -2.29. The second kappa shape index (κ2) is 7.48. The maximum Gasteiger partial charge on any atom is 0.328 e. The lowest BCUT2D eigenvalue weighted by atomic mass is 10.1. The van der Waals surface area contributed by atoms with Crippen molar-refractivity contribution in [1.82, 2.24) is 0 Å². The molecule has 0 aromatic rings. The first-order valence-corrected chi connectivity index (χ1v) is 12.4. The minimum Gasteiger partial charge on any atom is -0.367 e. The minimum atomic E-state index is -3.70. The van der Waals surface area contributed by atoms with E-state index in [9.17, 15) is 17.9 Å². The van der Waals surface area contributed by atoms with E-state index in [1.807, 2.05) is 0 Å². The quantitative estimate of drug-likeness (QED) is 0.553. The summed E-state index contributed by atoms with van der Waals surface area (Å²) in [5.74, 6) is 0. The van der Waals surface area contributed by atoms with Crippen LogP contribution in [0.15, 0.2) is 0 Å². The number of alkyl halides is 2. The molecule has 8 nitrogen and oxygen atoms in total. The number of fused-ring (bicyclic) bond motifs is 2. The zero-order valence-electron chi connectivity index (χ0n) is 14.9. The van der Waals surface area contributed by atoms with Crippen LogP contribution in [0.4, 0.5) is 8.78 Å². The van der Waals surface area contributed by atoms with E-state index < -0.39 is 64.2 Å². The fourth-order valence-corrected chi connectivity index (χ4v) is 5.59. The zero-order valence-corrected chi connectivity index (χ0v) is 16.7. The third-order valence-electron chi connectivity index (χ3n) is 4.61. The smallest absolute Gasteiger partial charge is 0.328 e. The van der Waals surface area contributed by atoms with Gasteiger partial charge in [-0.2, -0.15) is 0 Å². The summed E-state index contributed by atoms with van der Waals surface area (Å²) in [7, 11) is -7.39. The molecule has 10 atom stereocenters. The summed E-state index contributed by atoms with van der Waals surface area (Å²) in [6, 6.07) is 0. The van der Waals surface area contributed by atoms with Crippen molar-refractivity contribution in [2.45, 2.75) is 62.8 Å². The van der Waals surface area contributed by atoms with E-state index in [4.69, 9.17) is 27.6 Å². The van der Waals surface area contributed by atoms with Crippen LogP contribution in [0.5, 0.6) is 0 Å². The first-order valence-electron chi connectivity index (χ1n) is 8.39. The average molecular weight is 420 g/mol. The monoisotopic (exact) mass is 420 g/mol. The first kappa shape index (κ1) is 20.8. The second-order valence-electron chi connectivity index (χ2n) is 6.92. The van der Waals surface area contributed by atoms with Gasteiger partial charge in [0.25, 0.3) is 0 Å². The molecule has 152 valence electrons. The maximum absolute atomic E-state index is 14.4. The molecule has 0 aromatic heterocycles. The largest absolute Gasteiger partial charge is 0.367 e. The Hall–Kier alpha value is 0.0800. The SMILES string of the molecule is C[C@@H]1O[C@@H]2COP(C)(=O)O[C@H]3[C@H](F)[C@H](C)O[C@@H]3COP(C)(=O)O[C@H]2[C@H]1F. The van der Waals surface area contributed by atoms with Gasteiger partial charge in [-0.15, -0.1) is 0 Å². The van der Waals surface area contributed by atoms with Crippen molar-refractivity contribution in [3.63, 3.8) is 0 Å². The predicted molar refractivity (Wildman–Crippen MR) is 87.2 cm³/mol. The van der Waals surface area contributed by atoms with Crippen molar-refractivity contribution in [2.75, 3.05) is 26.5 Å². The normalized spacial score (nSPS) is 56.2. The maximum atomic E-state index is 14.4. The molecule has 26 heavy (non-hydrogen) atoms. The van der Waals surface area contributed by atoms with Crippen LogP contribution in [0.25, 0.3) is 0 Å². The third-order valence-corrected chi connectivity index (χ3v) is 7.10. The van der Waals surface area contributed by atoms with Crippen LogP contribution < -0.4 is 0 Å². The number of ether oxygens (including phenoxy) is 2. The zero-order chi connectivity index (χ0) is 19.3. The number of rotatable bonds is 0. The van der Waals surface area contributed by atoms with Gasteiger partial charge in [0.1, 0.15) is 24.4 Å². The molecule has 3 aliphatic heterocycles. The van der Waals surface area contributed by atoms with E-state index in [0.717, 1.165) is 0 Å². The van der Waals surface area contributed by atoms with Crippen molar-refractivity contribution in [3.8, 4) is 0 Å². The van der Waals surface area contributed by atoms with E-state index in [-0.39, 0.29) is 13.2 Å². The molecule has 2 unspecified atom stereocenters. The lowest BCUT2D eigenvalue weighted by molar-refractivity contribution is -0.0357. The molecule has 0 N–H and O–H groups in total. The fraction of sp³-hybridized carbons (Fsp3) is 1.00. The van der Waals surface area contributed by atoms with E-state index in [0.29, 0.717) is 0 Å². The van der Waals surface area contributed by atoms with Crippen LogP contribution in [0, 0.1) is 0 Å². The Bertz CT molecular complexity index is 570. The topological polar surface area (TPSA) is 89.5 Å². The van der Waals surface area contributed by atoms with Gasteiger partial charge in [-0.1, -0.05) is 0 Å². The molecule has 0 spiro atoms. The Morgan fingerprint density at radius 2 is 1.12 bits per heavy atom. The summed E-state index contributed by atoms with van der Waals surface area (Å²) in [5.41, 5.74) is 0. The van der Waals surface area contributed by atoms with Gasteiger partial charge < -0.3 is 18.5 Å². The molecule has 3 fully saturated rings. The summed E-state index contributed by atoms with van der Waals surface area (Å²) in [6.07, 6.45) is -9.11. The van der Waals surface area contributed by atoms with Gasteiger partial charge in [-0.05, 0) is 13.8 Å². The van der Waals surface area contributed by atoms with Crippen LogP contribution in [0.1, 0.15) is 13.8 Å². The first-order chi connectivity index (χ1) is 12.0. The summed E-state index contributed by atoms with van der Waals surface area (Å²) >= 11 is 0. The van der Waals surface area contributed by atoms with Gasteiger partial charge in [-0.25, -0.2) is 8.78 Å². The van der Waals surface area contributed by atoms with Gasteiger partial charge in [0.05, 0.1) is 25.4 Å². The predicted octanol–water partition coefficient (Wildman–Crippen LogP) is 2.70. The molecule has 3 heterocycles. The van der Waals surface area contributed by atoms with Crippen molar-refractivity contribution in [3.05, 3.63) is 0 Å². The molecule has 12 heteroatoms. The van der Waals surface area contributed by atoms with E-state index in [1.165, 1.54) is 27.2 Å². The number of hydrogen-bond donors (Lipinski definition) is 0. The molecule has 3 rings (SSSR count). The van der Waals surface area contributed by atoms with Crippen molar-refractivity contribution < 1.29 is 45.5 Å². The standard InChI is InChI=1S/C14H24F2O8P2/c1-7-11(15)13-9(21-7)5-19-26(4,18)24-14-10(22-8(2)12(14)16)6-20-25(3,17)23-13/h7-14H,5-6H2,1-4H3/t7-,8-,9+,10+,11-,12+,13+,14+,25?,26?/m0/s1. The van der Waals surface area contributed by atoms with Gasteiger partial charge in [-0.3, -0.25) is 18.2 Å². The van der Waals surface area contributed by atoms with Crippen molar-refractivity contribution in [2.24, 2.45) is 0 Å². The van der Waals surface area contributed by atoms with Crippen molar-refractivity contribution in [1.29, 1.82) is 0 Å². The molecular formula is C14H24F2O8P2. The second-order valence-corrected chi connectivity index (χ2v) is 10.9. The average Bonchev–Trinajstić information content (AvgIpc) is 2.95. The molecule has 0 amide bonds. The molecule has 0 aromatic carbocycles. The summed E-state index contributed by atoms with van der Waals surface area (Å²) in [5, 5.41) is 0. The number of halogens is 2.